The first-order valence-corrected chi connectivity index (χ1v) is 7.49. The number of hydrazine groups is 1. The lowest BCUT2D eigenvalue weighted by atomic mass is 9.81. The minimum Gasteiger partial charge on any atom is -0.233 e. The molecular formula is C16H34N2. The molecule has 1 fully saturated rings. The van der Waals surface area contributed by atoms with Gasteiger partial charge in [-0.05, 0) is 81.6 Å². The van der Waals surface area contributed by atoms with Gasteiger partial charge in [0.15, 0.2) is 0 Å². The van der Waals surface area contributed by atoms with E-state index >= 15 is 0 Å². The second-order valence-electron chi connectivity index (χ2n) is 8.40. The third kappa shape index (κ3) is 3.08. The summed E-state index contributed by atoms with van der Waals surface area (Å²) in [5.74, 6) is 0. The van der Waals surface area contributed by atoms with E-state index in [1.54, 1.807) is 0 Å². The van der Waals surface area contributed by atoms with Crippen molar-refractivity contribution >= 4 is 0 Å². The molecule has 0 saturated carbocycles. The fourth-order valence-corrected chi connectivity index (χ4v) is 3.87. The van der Waals surface area contributed by atoms with E-state index in [1.165, 1.54) is 19.3 Å². The van der Waals surface area contributed by atoms with Crippen LogP contribution in [0, 0.1) is 0 Å². The van der Waals surface area contributed by atoms with Gasteiger partial charge in [-0.2, -0.15) is 0 Å². The molecule has 0 N–H and O–H groups in total. The maximum absolute atomic E-state index is 2.67. The Morgan fingerprint density at radius 2 is 1.33 bits per heavy atom. The van der Waals surface area contributed by atoms with Gasteiger partial charge in [0.05, 0.1) is 0 Å². The molecule has 0 aromatic heterocycles. The van der Waals surface area contributed by atoms with Crippen molar-refractivity contribution in [1.82, 2.24) is 10.0 Å². The zero-order valence-electron chi connectivity index (χ0n) is 14.1. The molecule has 1 aliphatic rings. The van der Waals surface area contributed by atoms with Crippen LogP contribution in [0.1, 0.15) is 81.6 Å². The van der Waals surface area contributed by atoms with Crippen molar-refractivity contribution < 1.29 is 0 Å². The van der Waals surface area contributed by atoms with Crippen LogP contribution in [0.4, 0.5) is 0 Å². The Balaban J connectivity index is 3.21. The van der Waals surface area contributed by atoms with Gasteiger partial charge in [-0.1, -0.05) is 0 Å². The van der Waals surface area contributed by atoms with Crippen LogP contribution in [-0.2, 0) is 0 Å². The van der Waals surface area contributed by atoms with E-state index in [-0.39, 0.29) is 16.6 Å². The zero-order valence-corrected chi connectivity index (χ0v) is 14.1. The molecule has 108 valence electrons. The van der Waals surface area contributed by atoms with Crippen molar-refractivity contribution in [2.24, 2.45) is 0 Å². The van der Waals surface area contributed by atoms with Crippen molar-refractivity contribution in [2.75, 3.05) is 0 Å². The monoisotopic (exact) mass is 254 g/mol. The third-order valence-corrected chi connectivity index (χ3v) is 4.12. The molecule has 1 heterocycles. The van der Waals surface area contributed by atoms with E-state index in [0.717, 1.165) is 0 Å². The normalized spacial score (nSPS) is 24.8. The van der Waals surface area contributed by atoms with Gasteiger partial charge in [0.25, 0.3) is 0 Å². The Morgan fingerprint density at radius 1 is 0.944 bits per heavy atom. The highest BCUT2D eigenvalue weighted by atomic mass is 15.7. The summed E-state index contributed by atoms with van der Waals surface area (Å²) in [6.07, 6.45) is 3.91. The van der Waals surface area contributed by atoms with Gasteiger partial charge >= 0.3 is 0 Å². The molecule has 1 rings (SSSR count). The molecule has 0 aromatic rings. The second-order valence-corrected chi connectivity index (χ2v) is 8.40. The van der Waals surface area contributed by atoms with Crippen molar-refractivity contribution in [3.63, 3.8) is 0 Å². The van der Waals surface area contributed by atoms with Crippen molar-refractivity contribution in [1.29, 1.82) is 0 Å². The Labute approximate surface area is 115 Å². The van der Waals surface area contributed by atoms with E-state index in [4.69, 9.17) is 0 Å². The lowest BCUT2D eigenvalue weighted by molar-refractivity contribution is -0.231. The maximum atomic E-state index is 2.67. The molecule has 0 spiro atoms. The fourth-order valence-electron chi connectivity index (χ4n) is 3.87. The molecule has 1 saturated heterocycles. The van der Waals surface area contributed by atoms with Gasteiger partial charge in [-0.3, -0.25) is 0 Å². The highest BCUT2D eigenvalue weighted by molar-refractivity contribution is 4.98. The molecule has 0 amide bonds. The molecule has 18 heavy (non-hydrogen) atoms. The first-order chi connectivity index (χ1) is 7.89. The van der Waals surface area contributed by atoms with E-state index in [1.807, 2.05) is 0 Å². The van der Waals surface area contributed by atoms with E-state index in [0.29, 0.717) is 6.04 Å². The molecule has 0 aromatic carbocycles. The maximum Gasteiger partial charge on any atom is 0.0306 e. The van der Waals surface area contributed by atoms with Crippen molar-refractivity contribution in [3.05, 3.63) is 0 Å². The Kier molecular flexibility index (Phi) is 4.25. The smallest absolute Gasteiger partial charge is 0.0306 e. The van der Waals surface area contributed by atoms with Crippen LogP contribution in [0.15, 0.2) is 0 Å². The van der Waals surface area contributed by atoms with Gasteiger partial charge in [-0.15, -0.1) is 0 Å². The number of nitrogens with zero attached hydrogens (tertiary/aromatic N) is 2. The molecule has 0 unspecified atom stereocenters. The SMILES string of the molecule is CC(C)N(N1C(C)(C)CCCC1(C)C)C(C)(C)C. The van der Waals surface area contributed by atoms with E-state index < -0.39 is 0 Å². The fraction of sp³-hybridized carbons (Fsp3) is 1.00. The highest BCUT2D eigenvalue weighted by Gasteiger charge is 2.47. The summed E-state index contributed by atoms with van der Waals surface area (Å²) in [7, 11) is 0. The first kappa shape index (κ1) is 16.0. The van der Waals surface area contributed by atoms with Crippen LogP contribution < -0.4 is 0 Å². The molecule has 0 atom stereocenters. The van der Waals surface area contributed by atoms with Crippen LogP contribution in [0.5, 0.6) is 0 Å². The lowest BCUT2D eigenvalue weighted by Crippen LogP contribution is -2.70. The number of piperidine rings is 1. The summed E-state index contributed by atoms with van der Waals surface area (Å²) in [5.41, 5.74) is 0.665. The van der Waals surface area contributed by atoms with Gasteiger partial charge in [-0.25, -0.2) is 10.0 Å². The molecule has 1 aliphatic heterocycles. The zero-order chi connectivity index (χ0) is 14.4. The minimum atomic E-state index is 0.167. The molecule has 0 bridgehead atoms. The van der Waals surface area contributed by atoms with Gasteiger partial charge in [0.2, 0.25) is 0 Å². The molecule has 2 heteroatoms. The van der Waals surface area contributed by atoms with E-state index in [2.05, 4.69) is 72.3 Å². The molecular weight excluding hydrogens is 220 g/mol. The summed E-state index contributed by atoms with van der Waals surface area (Å²) in [5, 5.41) is 5.28. The number of hydrogen-bond acceptors (Lipinski definition) is 2. The summed E-state index contributed by atoms with van der Waals surface area (Å²) >= 11 is 0. The Morgan fingerprint density at radius 3 is 1.61 bits per heavy atom. The predicted octanol–water partition coefficient (Wildman–Crippen LogP) is 4.45. The highest BCUT2D eigenvalue weighted by Crippen LogP contribution is 2.42. The minimum absolute atomic E-state index is 0.167. The van der Waals surface area contributed by atoms with Crippen LogP contribution in [0.3, 0.4) is 0 Å². The number of rotatable bonds is 2. The quantitative estimate of drug-likeness (QED) is 0.718. The summed E-state index contributed by atoms with van der Waals surface area (Å²) in [6, 6.07) is 0.529. The summed E-state index contributed by atoms with van der Waals surface area (Å²) in [6.45, 7) is 21.2. The second kappa shape index (κ2) is 4.79. The molecule has 2 nitrogen and oxygen atoms in total. The average molecular weight is 254 g/mol. The number of hydrogen-bond donors (Lipinski definition) is 0. The largest absolute Gasteiger partial charge is 0.233 e. The van der Waals surface area contributed by atoms with Gasteiger partial charge in [0.1, 0.15) is 0 Å². The lowest BCUT2D eigenvalue weighted by Gasteiger charge is -2.61. The van der Waals surface area contributed by atoms with Crippen LogP contribution >= 0.6 is 0 Å². The molecule has 0 radical (unpaired) electrons. The van der Waals surface area contributed by atoms with Crippen molar-refractivity contribution in [2.45, 2.75) is 104 Å². The van der Waals surface area contributed by atoms with Crippen LogP contribution in [0.2, 0.25) is 0 Å². The van der Waals surface area contributed by atoms with Crippen molar-refractivity contribution in [3.8, 4) is 0 Å². The summed E-state index contributed by atoms with van der Waals surface area (Å²) in [4.78, 5) is 0. The summed E-state index contributed by atoms with van der Waals surface area (Å²) < 4.78 is 0. The van der Waals surface area contributed by atoms with E-state index in [9.17, 15) is 0 Å². The third-order valence-electron chi connectivity index (χ3n) is 4.12. The molecule has 0 aliphatic carbocycles. The Hall–Kier alpha value is -0.0800. The van der Waals surface area contributed by atoms with Gasteiger partial charge in [0, 0.05) is 22.7 Å². The average Bonchev–Trinajstić information content (AvgIpc) is 2.07. The Bertz CT molecular complexity index is 268. The van der Waals surface area contributed by atoms with Crippen LogP contribution in [-0.4, -0.2) is 32.7 Å². The predicted molar refractivity (Wildman–Crippen MR) is 80.6 cm³/mol. The van der Waals surface area contributed by atoms with Crippen LogP contribution in [0.25, 0.3) is 0 Å². The standard InChI is InChI=1S/C16H34N2/c1-13(2)17(14(3,4)5)18-15(6,7)11-10-12-16(18,8)9/h13H,10-12H2,1-9H3. The van der Waals surface area contributed by atoms with Gasteiger partial charge < -0.3 is 0 Å². The first-order valence-electron chi connectivity index (χ1n) is 7.49. The topological polar surface area (TPSA) is 6.48 Å².